The summed E-state index contributed by atoms with van der Waals surface area (Å²) in [6.45, 7) is 7.07. The molecule has 1 saturated heterocycles. The molecule has 0 radical (unpaired) electrons. The molecule has 0 aromatic rings. The quantitative estimate of drug-likeness (QED) is 0.541. The molecule has 19 heavy (non-hydrogen) atoms. The number of aliphatic hydroxyl groups is 2. The Morgan fingerprint density at radius 1 is 1.42 bits per heavy atom. The molecule has 1 fully saturated rings. The first-order valence-corrected chi connectivity index (χ1v) is 6.18. The summed E-state index contributed by atoms with van der Waals surface area (Å²) in [5, 5.41) is 20.9. The van der Waals surface area contributed by atoms with E-state index in [1.165, 1.54) is 14.2 Å². The molecule has 0 saturated carbocycles. The highest BCUT2D eigenvalue weighted by molar-refractivity contribution is 5.00. The largest absolute Gasteiger partial charge is 0.385 e. The Hall–Kier alpha value is -0.500. The van der Waals surface area contributed by atoms with Gasteiger partial charge in [0.25, 0.3) is 0 Å². The number of hydrogen-bond donors (Lipinski definition) is 2. The average Bonchev–Trinajstić information content (AvgIpc) is 2.34. The van der Waals surface area contributed by atoms with Crippen LogP contribution in [-0.2, 0) is 18.9 Å². The van der Waals surface area contributed by atoms with Crippen molar-refractivity contribution in [2.45, 2.75) is 50.2 Å². The predicted octanol–water partition coefficient (Wildman–Crippen LogP) is 0.425. The second kappa shape index (κ2) is 6.30. The van der Waals surface area contributed by atoms with Gasteiger partial charge in [0.15, 0.2) is 12.1 Å². The summed E-state index contributed by atoms with van der Waals surface area (Å²) in [5.74, 6) is -0.898. The summed E-state index contributed by atoms with van der Waals surface area (Å²) < 4.78 is 21.2. The van der Waals surface area contributed by atoms with Crippen molar-refractivity contribution < 1.29 is 29.2 Å². The molecule has 0 unspecified atom stereocenters. The van der Waals surface area contributed by atoms with Crippen molar-refractivity contribution >= 4 is 0 Å². The maximum Gasteiger partial charge on any atom is 0.185 e. The molecular formula is C13H24O6. The lowest BCUT2D eigenvalue weighted by Gasteiger charge is -2.48. The Bertz CT molecular complexity index is 302. The third kappa shape index (κ3) is 3.75. The van der Waals surface area contributed by atoms with Gasteiger partial charge in [-0.05, 0) is 20.3 Å². The second-order valence-corrected chi connectivity index (χ2v) is 5.15. The van der Waals surface area contributed by atoms with Crippen molar-refractivity contribution in [1.29, 1.82) is 0 Å². The Labute approximate surface area is 113 Å². The summed E-state index contributed by atoms with van der Waals surface area (Å²) >= 11 is 0. The topological polar surface area (TPSA) is 77.4 Å². The van der Waals surface area contributed by atoms with Crippen molar-refractivity contribution in [3.63, 3.8) is 0 Å². The van der Waals surface area contributed by atoms with E-state index >= 15 is 0 Å². The summed E-state index contributed by atoms with van der Waals surface area (Å²) in [4.78, 5) is 0. The molecule has 1 rings (SSSR count). The van der Waals surface area contributed by atoms with Crippen molar-refractivity contribution in [1.82, 2.24) is 0 Å². The van der Waals surface area contributed by atoms with Crippen molar-refractivity contribution in [3.05, 3.63) is 12.7 Å². The molecule has 1 aliphatic rings. The molecule has 0 aromatic heterocycles. The maximum absolute atomic E-state index is 10.6. The van der Waals surface area contributed by atoms with E-state index in [4.69, 9.17) is 18.9 Å². The second-order valence-electron chi connectivity index (χ2n) is 5.15. The summed E-state index contributed by atoms with van der Waals surface area (Å²) in [6, 6.07) is 0. The van der Waals surface area contributed by atoms with E-state index in [0.717, 1.165) is 0 Å². The zero-order valence-electron chi connectivity index (χ0n) is 12.0. The van der Waals surface area contributed by atoms with Crippen LogP contribution in [-0.4, -0.2) is 60.9 Å². The van der Waals surface area contributed by atoms with Crippen LogP contribution in [0.25, 0.3) is 0 Å². The van der Waals surface area contributed by atoms with Gasteiger partial charge in [-0.2, -0.15) is 0 Å². The fourth-order valence-corrected chi connectivity index (χ4v) is 2.16. The minimum Gasteiger partial charge on any atom is -0.385 e. The number of rotatable bonds is 6. The van der Waals surface area contributed by atoms with Gasteiger partial charge in [-0.25, -0.2) is 0 Å². The summed E-state index contributed by atoms with van der Waals surface area (Å²) in [5.41, 5.74) is -1.37. The normalized spacial score (nSPS) is 32.3. The third-order valence-corrected chi connectivity index (χ3v) is 3.16. The van der Waals surface area contributed by atoms with Crippen molar-refractivity contribution in [2.24, 2.45) is 0 Å². The molecule has 2 N–H and O–H groups in total. The molecular weight excluding hydrogens is 252 g/mol. The fraction of sp³-hybridized carbons (Fsp3) is 0.846. The lowest BCUT2D eigenvalue weighted by molar-refractivity contribution is -0.360. The van der Waals surface area contributed by atoms with Crippen LogP contribution in [0.3, 0.4) is 0 Å². The molecule has 112 valence electrons. The number of aliphatic hydroxyl groups excluding tert-OH is 1. The molecule has 3 atom stereocenters. The van der Waals surface area contributed by atoms with Crippen LogP contribution in [0.15, 0.2) is 12.7 Å². The van der Waals surface area contributed by atoms with Gasteiger partial charge >= 0.3 is 0 Å². The maximum atomic E-state index is 10.6. The smallest absolute Gasteiger partial charge is 0.185 e. The SMILES string of the molecule is C=CC[C@@]1(O)COC(C)(C)O[C@H]1[C@@H](O)C(OC)OC. The van der Waals surface area contributed by atoms with Crippen molar-refractivity contribution in [2.75, 3.05) is 20.8 Å². The van der Waals surface area contributed by atoms with Gasteiger partial charge in [-0.3, -0.25) is 0 Å². The molecule has 1 aliphatic heterocycles. The van der Waals surface area contributed by atoms with Gasteiger partial charge in [0.2, 0.25) is 0 Å². The predicted molar refractivity (Wildman–Crippen MR) is 68.5 cm³/mol. The summed E-state index contributed by atoms with van der Waals surface area (Å²) in [6.07, 6.45) is -1.16. The van der Waals surface area contributed by atoms with E-state index in [1.807, 2.05) is 0 Å². The monoisotopic (exact) mass is 276 g/mol. The molecule has 0 amide bonds. The third-order valence-electron chi connectivity index (χ3n) is 3.16. The summed E-state index contributed by atoms with van der Waals surface area (Å²) in [7, 11) is 2.82. The minimum atomic E-state index is -1.37. The lowest BCUT2D eigenvalue weighted by atomic mass is 9.88. The molecule has 0 spiro atoms. The fourth-order valence-electron chi connectivity index (χ4n) is 2.16. The Balaban J connectivity index is 2.96. The number of ether oxygens (including phenoxy) is 4. The van der Waals surface area contributed by atoms with Crippen LogP contribution in [0.1, 0.15) is 20.3 Å². The zero-order chi connectivity index (χ0) is 14.7. The molecule has 0 bridgehead atoms. The van der Waals surface area contributed by atoms with Gasteiger partial charge in [0, 0.05) is 14.2 Å². The number of hydrogen-bond acceptors (Lipinski definition) is 6. The van der Waals surface area contributed by atoms with Crippen LogP contribution in [0, 0.1) is 0 Å². The Morgan fingerprint density at radius 2 is 2.00 bits per heavy atom. The highest BCUT2D eigenvalue weighted by Gasteiger charge is 2.51. The van der Waals surface area contributed by atoms with E-state index in [0.29, 0.717) is 0 Å². The van der Waals surface area contributed by atoms with Crippen LogP contribution >= 0.6 is 0 Å². The van der Waals surface area contributed by atoms with E-state index in [2.05, 4.69) is 6.58 Å². The van der Waals surface area contributed by atoms with Crippen LogP contribution in [0.2, 0.25) is 0 Å². The Kier molecular flexibility index (Phi) is 5.49. The first-order valence-electron chi connectivity index (χ1n) is 6.18. The molecule has 0 aromatic carbocycles. The van der Waals surface area contributed by atoms with E-state index in [9.17, 15) is 10.2 Å². The van der Waals surface area contributed by atoms with E-state index in [-0.39, 0.29) is 13.0 Å². The lowest BCUT2D eigenvalue weighted by Crippen LogP contribution is -2.63. The van der Waals surface area contributed by atoms with Crippen molar-refractivity contribution in [3.8, 4) is 0 Å². The van der Waals surface area contributed by atoms with Crippen LogP contribution in [0.5, 0.6) is 0 Å². The molecule has 0 aliphatic carbocycles. The van der Waals surface area contributed by atoms with Gasteiger partial charge in [0.05, 0.1) is 6.61 Å². The van der Waals surface area contributed by atoms with Crippen LogP contribution < -0.4 is 0 Å². The Morgan fingerprint density at radius 3 is 2.47 bits per heavy atom. The zero-order valence-corrected chi connectivity index (χ0v) is 12.0. The van der Waals surface area contributed by atoms with Gasteiger partial charge in [0.1, 0.15) is 17.8 Å². The highest BCUT2D eigenvalue weighted by Crippen LogP contribution is 2.34. The van der Waals surface area contributed by atoms with E-state index < -0.39 is 29.9 Å². The minimum absolute atomic E-state index is 0.0356. The average molecular weight is 276 g/mol. The first kappa shape index (κ1) is 16.6. The molecule has 1 heterocycles. The van der Waals surface area contributed by atoms with Gasteiger partial charge in [-0.15, -0.1) is 6.58 Å². The molecule has 6 heteroatoms. The van der Waals surface area contributed by atoms with Gasteiger partial charge < -0.3 is 29.2 Å². The van der Waals surface area contributed by atoms with Crippen LogP contribution in [0.4, 0.5) is 0 Å². The van der Waals surface area contributed by atoms with Gasteiger partial charge in [-0.1, -0.05) is 6.08 Å². The van der Waals surface area contributed by atoms with E-state index in [1.54, 1.807) is 19.9 Å². The molecule has 6 nitrogen and oxygen atoms in total. The standard InChI is InChI=1S/C13H24O6/c1-6-7-13(15)8-18-12(2,3)19-10(13)9(14)11(16-4)17-5/h6,9-11,14-15H,1,7-8H2,2-5H3/t9-,10+,13-/m1/s1. The first-order chi connectivity index (χ1) is 8.79. The number of methoxy groups -OCH3 is 2. The highest BCUT2D eigenvalue weighted by atomic mass is 16.7.